The van der Waals surface area contributed by atoms with E-state index in [0.717, 1.165) is 39.7 Å². The molecule has 3 aromatic rings. The van der Waals surface area contributed by atoms with Gasteiger partial charge >= 0.3 is 0 Å². The van der Waals surface area contributed by atoms with Crippen LogP contribution in [0, 0.1) is 12.7 Å². The van der Waals surface area contributed by atoms with Crippen LogP contribution in [-0.2, 0) is 27.3 Å². The molecule has 4 aliphatic rings. The molecular formula is C38H47FN6O5S. The third kappa shape index (κ3) is 9.12. The predicted octanol–water partition coefficient (Wildman–Crippen LogP) is 4.05. The van der Waals surface area contributed by atoms with E-state index < -0.39 is 11.9 Å². The lowest BCUT2D eigenvalue weighted by Crippen LogP contribution is -2.52. The van der Waals surface area contributed by atoms with Crippen LogP contribution in [0.15, 0.2) is 48.5 Å². The monoisotopic (exact) mass is 718 g/mol. The van der Waals surface area contributed by atoms with E-state index in [2.05, 4.69) is 10.6 Å². The molecule has 272 valence electrons. The number of nitrogens with zero attached hydrogens (tertiary/aromatic N) is 4. The van der Waals surface area contributed by atoms with E-state index in [1.165, 1.54) is 24.3 Å². The smallest absolute Gasteiger partial charge is 0.253 e. The van der Waals surface area contributed by atoms with E-state index in [0.29, 0.717) is 70.5 Å². The molecule has 0 spiro atoms. The second-order valence-electron chi connectivity index (χ2n) is 13.7. The zero-order valence-corrected chi connectivity index (χ0v) is 30.2. The Kier molecular flexibility index (Phi) is 12.0. The van der Waals surface area contributed by atoms with Crippen molar-refractivity contribution in [1.82, 2.24) is 30.3 Å². The summed E-state index contributed by atoms with van der Waals surface area (Å²) < 4.78 is 18.8. The van der Waals surface area contributed by atoms with Crippen molar-refractivity contribution >= 4 is 35.0 Å². The molecule has 0 radical (unpaired) electrons. The molecule has 1 aromatic heterocycles. The van der Waals surface area contributed by atoms with Gasteiger partial charge in [-0.3, -0.25) is 19.2 Å². The van der Waals surface area contributed by atoms with Gasteiger partial charge in [0.05, 0.1) is 36.8 Å². The van der Waals surface area contributed by atoms with Crippen molar-refractivity contribution in [2.75, 3.05) is 46.4 Å². The quantitative estimate of drug-likeness (QED) is 0.395. The lowest BCUT2D eigenvalue weighted by molar-refractivity contribution is -0.138. The van der Waals surface area contributed by atoms with Crippen LogP contribution in [0.2, 0.25) is 0 Å². The van der Waals surface area contributed by atoms with Crippen LogP contribution >= 0.6 is 11.3 Å². The number of likely N-dealkylation sites (tertiary alicyclic amines) is 1. The standard InChI is InChI=1S/C38H47FN6O5S/c1-25-33-22-35(47)45(30-14-19-43(20-15-30)37(48)28-8-10-29(39)11-9-28)24-34(46)40-16-4-7-32(41-23-26-5-3-6-31(21-26)50-2)38(49)44-17-12-27(13-18-44)36(42-33)51-25/h3,5-6,8-11,21,27,30,32,41H,4,7,12-20,22-24H2,1-2H3,(H,40,46)/t32-/m0/s1. The number of aryl methyl sites for hydroxylation is 1. The topological polar surface area (TPSA) is 124 Å². The lowest BCUT2D eigenvalue weighted by atomic mass is 9.96. The SMILES string of the molecule is COc1cccc(CN[C@H]2CCCNC(=O)CN(C3CCN(C(=O)c4ccc(F)cc4)CC3)C(=O)Cc3nc(sc3C)C3CCN(CC3)C2=O)c1. The van der Waals surface area contributed by atoms with Gasteiger partial charge < -0.3 is 30.1 Å². The van der Waals surface area contributed by atoms with Crippen LogP contribution in [0.4, 0.5) is 4.39 Å². The second kappa shape index (κ2) is 16.8. The third-order valence-electron chi connectivity index (χ3n) is 10.3. The van der Waals surface area contributed by atoms with Gasteiger partial charge in [-0.15, -0.1) is 11.3 Å². The fourth-order valence-corrected chi connectivity index (χ4v) is 8.37. The number of rotatable bonds is 6. The number of ether oxygens (including phenoxy) is 1. The molecule has 11 nitrogen and oxygen atoms in total. The van der Waals surface area contributed by atoms with Gasteiger partial charge in [-0.1, -0.05) is 12.1 Å². The molecule has 5 heterocycles. The average Bonchev–Trinajstić information content (AvgIpc) is 3.52. The van der Waals surface area contributed by atoms with Gasteiger partial charge in [0.15, 0.2) is 0 Å². The van der Waals surface area contributed by atoms with Crippen LogP contribution in [0.1, 0.15) is 75.9 Å². The minimum atomic E-state index is -0.418. The molecule has 0 saturated carbocycles. The summed E-state index contributed by atoms with van der Waals surface area (Å²) in [5.41, 5.74) is 2.16. The Morgan fingerprint density at radius 1 is 1.02 bits per heavy atom. The second-order valence-corrected chi connectivity index (χ2v) is 14.9. The molecule has 0 unspecified atom stereocenters. The van der Waals surface area contributed by atoms with Gasteiger partial charge in [-0.2, -0.15) is 0 Å². The highest BCUT2D eigenvalue weighted by Gasteiger charge is 2.34. The van der Waals surface area contributed by atoms with Crippen molar-refractivity contribution in [3.63, 3.8) is 0 Å². The van der Waals surface area contributed by atoms with Crippen molar-refractivity contribution in [1.29, 1.82) is 0 Å². The van der Waals surface area contributed by atoms with E-state index in [9.17, 15) is 23.6 Å². The minimum absolute atomic E-state index is 0.0702. The normalized spacial score (nSPS) is 21.3. The number of piperidine rings is 2. The summed E-state index contributed by atoms with van der Waals surface area (Å²) in [5, 5.41) is 7.46. The molecule has 7 rings (SSSR count). The number of nitrogens with one attached hydrogen (secondary N) is 2. The van der Waals surface area contributed by atoms with E-state index >= 15 is 0 Å². The van der Waals surface area contributed by atoms with Crippen LogP contribution in [0.25, 0.3) is 0 Å². The number of amides is 4. The number of aromatic nitrogens is 1. The largest absolute Gasteiger partial charge is 0.497 e. The molecule has 2 fully saturated rings. The van der Waals surface area contributed by atoms with E-state index in [4.69, 9.17) is 9.72 Å². The van der Waals surface area contributed by atoms with Crippen molar-refractivity contribution in [3.05, 3.63) is 81.1 Å². The van der Waals surface area contributed by atoms with Gasteiger partial charge in [0.25, 0.3) is 5.91 Å². The van der Waals surface area contributed by atoms with Crippen LogP contribution in [-0.4, -0.2) is 102 Å². The highest BCUT2D eigenvalue weighted by atomic mass is 32.1. The molecule has 2 aromatic carbocycles. The maximum absolute atomic E-state index is 14.0. The summed E-state index contributed by atoms with van der Waals surface area (Å²) in [6.45, 7) is 4.88. The van der Waals surface area contributed by atoms with Gasteiger partial charge in [0.2, 0.25) is 17.7 Å². The molecular weight excluding hydrogens is 672 g/mol. The van der Waals surface area contributed by atoms with Gasteiger partial charge in [-0.05, 0) is 87.4 Å². The Bertz CT molecular complexity index is 1700. The molecule has 2 N–H and O–H groups in total. The van der Waals surface area contributed by atoms with E-state index in [1.807, 2.05) is 36.1 Å². The summed E-state index contributed by atoms with van der Waals surface area (Å²) in [6, 6.07) is 12.6. The zero-order chi connectivity index (χ0) is 35.9. The molecule has 4 aliphatic heterocycles. The number of carbonyl (C=O) groups excluding carboxylic acids is 4. The molecule has 51 heavy (non-hydrogen) atoms. The number of fused-ring (bicyclic) bond motifs is 12. The predicted molar refractivity (Wildman–Crippen MR) is 192 cm³/mol. The number of thiazole rings is 1. The summed E-state index contributed by atoms with van der Waals surface area (Å²) in [5.74, 6) is 0.0463. The molecule has 4 amide bonds. The highest BCUT2D eigenvalue weighted by Crippen LogP contribution is 2.33. The molecule has 1 atom stereocenters. The van der Waals surface area contributed by atoms with E-state index in [-0.39, 0.29) is 48.6 Å². The average molecular weight is 719 g/mol. The Balaban J connectivity index is 1.16. The summed E-state index contributed by atoms with van der Waals surface area (Å²) in [6.07, 6.45) is 3.89. The van der Waals surface area contributed by atoms with Gasteiger partial charge in [0, 0.05) is 61.7 Å². The first-order chi connectivity index (χ1) is 24.7. The van der Waals surface area contributed by atoms with E-state index in [1.54, 1.807) is 28.2 Å². The molecule has 2 saturated heterocycles. The highest BCUT2D eigenvalue weighted by molar-refractivity contribution is 7.11. The number of hydrogen-bond acceptors (Lipinski definition) is 8. The van der Waals surface area contributed by atoms with Gasteiger partial charge in [0.1, 0.15) is 11.6 Å². The van der Waals surface area contributed by atoms with Crippen molar-refractivity contribution < 1.29 is 28.3 Å². The summed E-state index contributed by atoms with van der Waals surface area (Å²) >= 11 is 1.62. The first kappa shape index (κ1) is 36.4. The maximum atomic E-state index is 14.0. The maximum Gasteiger partial charge on any atom is 0.253 e. The number of benzene rings is 2. The Hall–Kier alpha value is -4.36. The fourth-order valence-electron chi connectivity index (χ4n) is 7.26. The summed E-state index contributed by atoms with van der Waals surface area (Å²) in [4.78, 5) is 65.5. The summed E-state index contributed by atoms with van der Waals surface area (Å²) in [7, 11) is 1.63. The number of halogens is 1. The molecule has 13 heteroatoms. The molecule has 0 aliphatic carbocycles. The Morgan fingerprint density at radius 3 is 2.49 bits per heavy atom. The number of hydrogen-bond donors (Lipinski definition) is 2. The fraction of sp³-hybridized carbons (Fsp3) is 0.500. The third-order valence-corrected chi connectivity index (χ3v) is 11.5. The molecule has 4 bridgehead atoms. The number of carbonyl (C=O) groups is 4. The van der Waals surface area contributed by atoms with Crippen molar-refractivity contribution in [2.24, 2.45) is 0 Å². The lowest BCUT2D eigenvalue weighted by Gasteiger charge is -2.38. The van der Waals surface area contributed by atoms with Crippen LogP contribution < -0.4 is 15.4 Å². The van der Waals surface area contributed by atoms with Crippen molar-refractivity contribution in [3.8, 4) is 5.75 Å². The minimum Gasteiger partial charge on any atom is -0.497 e. The zero-order valence-electron chi connectivity index (χ0n) is 29.4. The Labute approximate surface area is 302 Å². The van der Waals surface area contributed by atoms with Gasteiger partial charge in [-0.25, -0.2) is 9.37 Å². The first-order valence-corrected chi connectivity index (χ1v) is 18.7. The van der Waals surface area contributed by atoms with Crippen LogP contribution in [0.3, 0.4) is 0 Å². The first-order valence-electron chi connectivity index (χ1n) is 17.9. The number of methoxy groups -OCH3 is 1. The van der Waals surface area contributed by atoms with Crippen molar-refractivity contribution in [2.45, 2.75) is 76.4 Å². The van der Waals surface area contributed by atoms with Crippen LogP contribution in [0.5, 0.6) is 5.75 Å². The Morgan fingerprint density at radius 2 is 1.76 bits per heavy atom.